The lowest BCUT2D eigenvalue weighted by Crippen LogP contribution is -2.45. The number of hydrogen-bond acceptors (Lipinski definition) is 2. The van der Waals surface area contributed by atoms with Crippen LogP contribution in [0.5, 0.6) is 5.75 Å². The van der Waals surface area contributed by atoms with E-state index in [2.05, 4.69) is 24.1 Å². The number of nitrogens with one attached hydrogen (secondary N) is 1. The Kier molecular flexibility index (Phi) is 6.56. The minimum Gasteiger partial charge on any atom is -0.508 e. The Morgan fingerprint density at radius 3 is 2.59 bits per heavy atom. The maximum atomic E-state index is 9.29. The van der Waals surface area contributed by atoms with Gasteiger partial charge in [-0.3, -0.25) is 4.99 Å². The van der Waals surface area contributed by atoms with E-state index in [-0.39, 0.29) is 0 Å². The summed E-state index contributed by atoms with van der Waals surface area (Å²) in [7, 11) is 0. The maximum Gasteiger partial charge on any atom is 0.193 e. The Morgan fingerprint density at radius 1 is 1.27 bits per heavy atom. The molecule has 22 heavy (non-hydrogen) atoms. The van der Waals surface area contributed by atoms with Gasteiger partial charge in [-0.2, -0.15) is 0 Å². The fraction of sp³-hybridized carbons (Fsp3) is 0.611. The smallest absolute Gasteiger partial charge is 0.193 e. The van der Waals surface area contributed by atoms with Crippen molar-refractivity contribution in [1.82, 2.24) is 10.2 Å². The normalized spacial score (nSPS) is 16.8. The van der Waals surface area contributed by atoms with Crippen molar-refractivity contribution in [2.24, 2.45) is 10.9 Å². The highest BCUT2D eigenvalue weighted by atomic mass is 16.3. The van der Waals surface area contributed by atoms with Crippen molar-refractivity contribution < 1.29 is 5.11 Å². The van der Waals surface area contributed by atoms with Crippen LogP contribution in [-0.2, 0) is 6.42 Å². The number of phenolic OH excluding ortho intramolecular Hbond substituents is 1. The molecule has 0 bridgehead atoms. The predicted molar refractivity (Wildman–Crippen MR) is 92.4 cm³/mol. The summed E-state index contributed by atoms with van der Waals surface area (Å²) in [5, 5.41) is 12.7. The van der Waals surface area contributed by atoms with E-state index in [9.17, 15) is 5.11 Å². The molecule has 0 aromatic heterocycles. The van der Waals surface area contributed by atoms with Crippen LogP contribution in [0.25, 0.3) is 0 Å². The van der Waals surface area contributed by atoms with Crippen LogP contribution < -0.4 is 5.32 Å². The number of benzene rings is 1. The van der Waals surface area contributed by atoms with E-state index in [1.54, 1.807) is 12.1 Å². The van der Waals surface area contributed by atoms with E-state index in [1.807, 2.05) is 12.1 Å². The standard InChI is InChI=1S/C18H29N3O/c1-3-19-18(21-13-10-15(2)11-14-21)20-12-4-5-16-6-8-17(22)9-7-16/h6-9,15,22H,3-5,10-14H2,1-2H3,(H,19,20). The highest BCUT2D eigenvalue weighted by molar-refractivity contribution is 5.80. The first-order valence-corrected chi connectivity index (χ1v) is 8.50. The first-order chi connectivity index (χ1) is 10.7. The molecule has 0 aliphatic carbocycles. The number of nitrogens with zero attached hydrogens (tertiary/aromatic N) is 2. The van der Waals surface area contributed by atoms with Crippen LogP contribution in [0, 0.1) is 5.92 Å². The Morgan fingerprint density at radius 2 is 1.95 bits per heavy atom. The molecule has 1 heterocycles. The maximum absolute atomic E-state index is 9.29. The van der Waals surface area contributed by atoms with Gasteiger partial charge < -0.3 is 15.3 Å². The zero-order valence-electron chi connectivity index (χ0n) is 13.9. The van der Waals surface area contributed by atoms with Gasteiger partial charge in [0.15, 0.2) is 5.96 Å². The van der Waals surface area contributed by atoms with Gasteiger partial charge in [-0.1, -0.05) is 19.1 Å². The summed E-state index contributed by atoms with van der Waals surface area (Å²) in [4.78, 5) is 7.17. The Bertz CT molecular complexity index is 462. The lowest BCUT2D eigenvalue weighted by Gasteiger charge is -2.33. The summed E-state index contributed by atoms with van der Waals surface area (Å²) in [6.45, 7) is 8.45. The van der Waals surface area contributed by atoms with Crippen molar-refractivity contribution in [1.29, 1.82) is 0 Å². The summed E-state index contributed by atoms with van der Waals surface area (Å²) in [5.41, 5.74) is 1.25. The molecule has 122 valence electrons. The molecular weight excluding hydrogens is 274 g/mol. The molecule has 0 spiro atoms. The molecule has 1 aliphatic rings. The van der Waals surface area contributed by atoms with Crippen LogP contribution in [0.2, 0.25) is 0 Å². The van der Waals surface area contributed by atoms with Gasteiger partial charge >= 0.3 is 0 Å². The average Bonchev–Trinajstić information content (AvgIpc) is 2.53. The van der Waals surface area contributed by atoms with Crippen LogP contribution in [0.4, 0.5) is 0 Å². The molecule has 0 unspecified atom stereocenters. The molecule has 0 amide bonds. The molecule has 0 saturated carbocycles. The summed E-state index contributed by atoms with van der Waals surface area (Å²) >= 11 is 0. The number of likely N-dealkylation sites (tertiary alicyclic amines) is 1. The monoisotopic (exact) mass is 303 g/mol. The highest BCUT2D eigenvalue weighted by Gasteiger charge is 2.18. The van der Waals surface area contributed by atoms with Crippen molar-refractivity contribution in [2.75, 3.05) is 26.2 Å². The molecule has 1 aromatic carbocycles. The van der Waals surface area contributed by atoms with Gasteiger partial charge in [0.25, 0.3) is 0 Å². The quantitative estimate of drug-likeness (QED) is 0.499. The summed E-state index contributed by atoms with van der Waals surface area (Å²) < 4.78 is 0. The molecule has 2 rings (SSSR count). The van der Waals surface area contributed by atoms with E-state index in [0.717, 1.165) is 50.9 Å². The second kappa shape index (κ2) is 8.66. The van der Waals surface area contributed by atoms with Crippen molar-refractivity contribution >= 4 is 5.96 Å². The van der Waals surface area contributed by atoms with Crippen molar-refractivity contribution in [3.05, 3.63) is 29.8 Å². The molecule has 1 aromatic rings. The van der Waals surface area contributed by atoms with Crippen LogP contribution in [-0.4, -0.2) is 42.1 Å². The molecule has 0 atom stereocenters. The van der Waals surface area contributed by atoms with E-state index < -0.39 is 0 Å². The fourth-order valence-electron chi connectivity index (χ4n) is 2.78. The molecule has 1 aliphatic heterocycles. The third-order valence-corrected chi connectivity index (χ3v) is 4.24. The van der Waals surface area contributed by atoms with E-state index in [0.29, 0.717) is 5.75 Å². The van der Waals surface area contributed by atoms with Crippen molar-refractivity contribution in [3.8, 4) is 5.75 Å². The number of piperidine rings is 1. The molecule has 1 fully saturated rings. The van der Waals surface area contributed by atoms with Gasteiger partial charge in [-0.25, -0.2) is 0 Å². The summed E-state index contributed by atoms with van der Waals surface area (Å²) in [6.07, 6.45) is 4.56. The summed E-state index contributed by atoms with van der Waals surface area (Å²) in [6, 6.07) is 7.46. The zero-order chi connectivity index (χ0) is 15.8. The lowest BCUT2D eigenvalue weighted by atomic mass is 10.00. The largest absolute Gasteiger partial charge is 0.508 e. The zero-order valence-corrected chi connectivity index (χ0v) is 13.9. The lowest BCUT2D eigenvalue weighted by molar-refractivity contribution is 0.273. The van der Waals surface area contributed by atoms with Crippen molar-refractivity contribution in [2.45, 2.75) is 39.5 Å². The first kappa shape index (κ1) is 16.7. The third-order valence-electron chi connectivity index (χ3n) is 4.24. The number of aryl methyl sites for hydroxylation is 1. The second-order valence-electron chi connectivity index (χ2n) is 6.18. The Hall–Kier alpha value is -1.71. The summed E-state index contributed by atoms with van der Waals surface area (Å²) in [5.74, 6) is 2.24. The number of aliphatic imine (C=N–C) groups is 1. The fourth-order valence-corrected chi connectivity index (χ4v) is 2.78. The minimum atomic E-state index is 0.329. The van der Waals surface area contributed by atoms with Gasteiger partial charge in [0.1, 0.15) is 5.75 Å². The Balaban J connectivity index is 1.81. The third kappa shape index (κ3) is 5.24. The number of aromatic hydroxyl groups is 1. The van der Waals surface area contributed by atoms with Crippen LogP contribution in [0.1, 0.15) is 38.7 Å². The second-order valence-corrected chi connectivity index (χ2v) is 6.18. The molecule has 4 heteroatoms. The first-order valence-electron chi connectivity index (χ1n) is 8.50. The van der Waals surface area contributed by atoms with Gasteiger partial charge in [0.05, 0.1) is 0 Å². The predicted octanol–water partition coefficient (Wildman–Crippen LogP) is 3.02. The Labute approximate surface area is 134 Å². The number of rotatable bonds is 5. The molecule has 1 saturated heterocycles. The van der Waals surface area contributed by atoms with Gasteiger partial charge in [-0.05, 0) is 56.2 Å². The number of phenols is 1. The van der Waals surface area contributed by atoms with Crippen LogP contribution in [0.3, 0.4) is 0 Å². The SMILES string of the molecule is CCNC(=NCCCc1ccc(O)cc1)N1CCC(C)CC1. The molecule has 2 N–H and O–H groups in total. The van der Waals surface area contributed by atoms with E-state index in [1.165, 1.54) is 18.4 Å². The van der Waals surface area contributed by atoms with Crippen LogP contribution in [0.15, 0.2) is 29.3 Å². The van der Waals surface area contributed by atoms with Crippen LogP contribution >= 0.6 is 0 Å². The number of hydrogen-bond donors (Lipinski definition) is 2. The molecule has 0 radical (unpaired) electrons. The number of guanidine groups is 1. The molecule has 4 nitrogen and oxygen atoms in total. The van der Waals surface area contributed by atoms with Gasteiger partial charge in [0.2, 0.25) is 0 Å². The van der Waals surface area contributed by atoms with E-state index in [4.69, 9.17) is 4.99 Å². The van der Waals surface area contributed by atoms with Gasteiger partial charge in [0, 0.05) is 26.2 Å². The molecular formula is C18H29N3O. The average molecular weight is 303 g/mol. The minimum absolute atomic E-state index is 0.329. The van der Waals surface area contributed by atoms with E-state index >= 15 is 0 Å². The van der Waals surface area contributed by atoms with Gasteiger partial charge in [-0.15, -0.1) is 0 Å². The highest BCUT2D eigenvalue weighted by Crippen LogP contribution is 2.16. The topological polar surface area (TPSA) is 47.9 Å². The van der Waals surface area contributed by atoms with Crippen molar-refractivity contribution in [3.63, 3.8) is 0 Å².